The first kappa shape index (κ1) is 26.0. The highest BCUT2D eigenvalue weighted by Crippen LogP contribution is 2.68. The molecule has 33 heavy (non-hydrogen) atoms. The van der Waals surface area contributed by atoms with E-state index in [4.69, 9.17) is 0 Å². The Hall–Kier alpha value is -0.120. The van der Waals surface area contributed by atoms with Crippen LogP contribution >= 0.6 is 0 Å². The highest BCUT2D eigenvalue weighted by atomic mass is 16.3. The summed E-state index contributed by atoms with van der Waals surface area (Å²) >= 11 is 0. The van der Waals surface area contributed by atoms with E-state index in [0.29, 0.717) is 41.4 Å². The van der Waals surface area contributed by atoms with Gasteiger partial charge in [0, 0.05) is 0 Å². The van der Waals surface area contributed by atoms with Gasteiger partial charge < -0.3 is 15.3 Å². The van der Waals surface area contributed by atoms with E-state index in [1.807, 2.05) is 0 Å². The molecule has 4 rings (SSSR count). The second kappa shape index (κ2) is 9.40. The Morgan fingerprint density at radius 3 is 2.12 bits per heavy atom. The zero-order valence-electron chi connectivity index (χ0n) is 22.6. The van der Waals surface area contributed by atoms with Gasteiger partial charge in [0.2, 0.25) is 0 Å². The molecule has 0 spiro atoms. The molecule has 0 radical (unpaired) electrons. The topological polar surface area (TPSA) is 60.7 Å². The number of rotatable bonds is 6. The molecule has 13 atom stereocenters. The van der Waals surface area contributed by atoms with Crippen LogP contribution in [0, 0.1) is 64.1 Å². The van der Waals surface area contributed by atoms with E-state index in [0.717, 1.165) is 25.7 Å². The van der Waals surface area contributed by atoms with Crippen LogP contribution in [0.4, 0.5) is 0 Å². The van der Waals surface area contributed by atoms with Crippen molar-refractivity contribution in [3.63, 3.8) is 0 Å². The third kappa shape index (κ3) is 4.14. The maximum absolute atomic E-state index is 11.5. The van der Waals surface area contributed by atoms with Crippen LogP contribution in [0.5, 0.6) is 0 Å². The van der Waals surface area contributed by atoms with Crippen LogP contribution in [-0.4, -0.2) is 33.6 Å². The first-order valence-electron chi connectivity index (χ1n) is 14.5. The monoisotopic (exact) mass is 462 g/mol. The molecule has 0 amide bonds. The van der Waals surface area contributed by atoms with Crippen LogP contribution < -0.4 is 0 Å². The summed E-state index contributed by atoms with van der Waals surface area (Å²) < 4.78 is 0. The van der Waals surface area contributed by atoms with Crippen molar-refractivity contribution in [1.82, 2.24) is 0 Å². The fraction of sp³-hybridized carbons (Fsp3) is 1.00. The van der Waals surface area contributed by atoms with E-state index >= 15 is 0 Å². The Morgan fingerprint density at radius 1 is 0.848 bits per heavy atom. The van der Waals surface area contributed by atoms with E-state index in [1.54, 1.807) is 0 Å². The Balaban J connectivity index is 1.55. The van der Waals surface area contributed by atoms with Gasteiger partial charge in [0.25, 0.3) is 0 Å². The molecule has 4 fully saturated rings. The number of hydrogen-bond donors (Lipinski definition) is 3. The van der Waals surface area contributed by atoms with Crippen molar-refractivity contribution in [3.05, 3.63) is 0 Å². The molecule has 0 aromatic heterocycles. The highest BCUT2D eigenvalue weighted by Gasteiger charge is 2.65. The standard InChI is InChI=1S/C30H54O3/c1-8-20(17(2)3)16-25(31)19(5)21-9-10-22-26-23(12-14-29(21,22)6)30(7)13-11-18(4)15-24(30)27(32)28(26)33/h17-28,31-33H,8-16H2,1-7H3/t18-,19-,20+,21+,22-,23-,24+,25?,26-,27+,28+,29+,30+/m0/s1. The van der Waals surface area contributed by atoms with Gasteiger partial charge in [-0.25, -0.2) is 0 Å². The fourth-order valence-corrected chi connectivity index (χ4v) is 10.1. The van der Waals surface area contributed by atoms with Crippen molar-refractivity contribution in [1.29, 1.82) is 0 Å². The van der Waals surface area contributed by atoms with E-state index in [2.05, 4.69) is 48.5 Å². The number of aliphatic hydroxyl groups excluding tert-OH is 3. The van der Waals surface area contributed by atoms with Crippen LogP contribution in [-0.2, 0) is 0 Å². The lowest BCUT2D eigenvalue weighted by Gasteiger charge is -2.64. The second-order valence-electron chi connectivity index (χ2n) is 14.1. The third-order valence-corrected chi connectivity index (χ3v) is 12.3. The highest BCUT2D eigenvalue weighted by molar-refractivity contribution is 5.14. The van der Waals surface area contributed by atoms with Gasteiger partial charge in [-0.3, -0.25) is 0 Å². The van der Waals surface area contributed by atoms with E-state index in [-0.39, 0.29) is 28.8 Å². The number of fused-ring (bicyclic) bond motifs is 5. The summed E-state index contributed by atoms with van der Waals surface area (Å²) in [4.78, 5) is 0. The Morgan fingerprint density at radius 2 is 1.48 bits per heavy atom. The molecule has 4 aliphatic rings. The SMILES string of the molecule is CC[C@H](CC(O)[C@@H](C)[C@H]1CC[C@H]2[C@@H]3[C@@H](O)[C@H](O)[C@H]4C[C@@H](C)CC[C@]4(C)[C@H]3CC[C@]12C)C(C)C. The maximum atomic E-state index is 11.5. The normalized spacial score (nSPS) is 50.3. The van der Waals surface area contributed by atoms with Crippen molar-refractivity contribution in [2.24, 2.45) is 64.1 Å². The summed E-state index contributed by atoms with van der Waals surface area (Å²) in [5.74, 6) is 4.17. The minimum Gasteiger partial charge on any atom is -0.393 e. The van der Waals surface area contributed by atoms with Crippen LogP contribution in [0.3, 0.4) is 0 Å². The molecular weight excluding hydrogens is 408 g/mol. The van der Waals surface area contributed by atoms with Crippen LogP contribution in [0.1, 0.15) is 106 Å². The number of aliphatic hydroxyl groups is 3. The summed E-state index contributed by atoms with van der Waals surface area (Å²) in [6, 6.07) is 0. The van der Waals surface area contributed by atoms with E-state index in [9.17, 15) is 15.3 Å². The average molecular weight is 463 g/mol. The fourth-order valence-electron chi connectivity index (χ4n) is 10.1. The van der Waals surface area contributed by atoms with E-state index < -0.39 is 12.2 Å². The molecule has 3 nitrogen and oxygen atoms in total. The van der Waals surface area contributed by atoms with Crippen molar-refractivity contribution < 1.29 is 15.3 Å². The molecule has 0 aromatic rings. The van der Waals surface area contributed by atoms with Crippen molar-refractivity contribution >= 4 is 0 Å². The van der Waals surface area contributed by atoms with Gasteiger partial charge in [-0.1, -0.05) is 61.3 Å². The third-order valence-electron chi connectivity index (χ3n) is 12.3. The summed E-state index contributed by atoms with van der Waals surface area (Å²) in [5, 5.41) is 34.2. The largest absolute Gasteiger partial charge is 0.393 e. The lowest BCUT2D eigenvalue weighted by Crippen LogP contribution is -2.63. The molecule has 4 saturated carbocycles. The smallest absolute Gasteiger partial charge is 0.0835 e. The Bertz CT molecular complexity index is 677. The van der Waals surface area contributed by atoms with Gasteiger partial charge >= 0.3 is 0 Å². The second-order valence-corrected chi connectivity index (χ2v) is 14.1. The summed E-state index contributed by atoms with van der Waals surface area (Å²) in [6.45, 7) is 16.4. The maximum Gasteiger partial charge on any atom is 0.0835 e. The van der Waals surface area contributed by atoms with Crippen LogP contribution in [0.25, 0.3) is 0 Å². The van der Waals surface area contributed by atoms with Gasteiger partial charge in [-0.2, -0.15) is 0 Å². The minimum absolute atomic E-state index is 0.173. The Kier molecular flexibility index (Phi) is 7.39. The van der Waals surface area contributed by atoms with Crippen molar-refractivity contribution in [2.75, 3.05) is 0 Å². The van der Waals surface area contributed by atoms with Crippen molar-refractivity contribution in [3.8, 4) is 0 Å². The molecule has 0 aromatic carbocycles. The lowest BCUT2D eigenvalue weighted by molar-refractivity contribution is -0.219. The molecule has 192 valence electrons. The van der Waals surface area contributed by atoms with Gasteiger partial charge in [0.1, 0.15) is 0 Å². The van der Waals surface area contributed by atoms with Gasteiger partial charge in [-0.15, -0.1) is 0 Å². The summed E-state index contributed by atoms with van der Waals surface area (Å²) in [7, 11) is 0. The van der Waals surface area contributed by atoms with Gasteiger partial charge in [0.15, 0.2) is 0 Å². The molecule has 3 N–H and O–H groups in total. The van der Waals surface area contributed by atoms with Gasteiger partial charge in [-0.05, 0) is 109 Å². The van der Waals surface area contributed by atoms with Gasteiger partial charge in [0.05, 0.1) is 18.3 Å². The molecule has 1 unspecified atom stereocenters. The molecule has 4 aliphatic carbocycles. The van der Waals surface area contributed by atoms with Crippen LogP contribution in [0.15, 0.2) is 0 Å². The first-order chi connectivity index (χ1) is 15.5. The lowest BCUT2D eigenvalue weighted by atomic mass is 9.42. The first-order valence-corrected chi connectivity index (χ1v) is 14.5. The molecule has 0 aliphatic heterocycles. The molecular formula is C30H54O3. The summed E-state index contributed by atoms with van der Waals surface area (Å²) in [6.07, 6.45) is 8.94. The minimum atomic E-state index is -0.576. The average Bonchev–Trinajstić information content (AvgIpc) is 3.12. The molecule has 0 bridgehead atoms. The van der Waals surface area contributed by atoms with E-state index in [1.165, 1.54) is 32.1 Å². The summed E-state index contributed by atoms with van der Waals surface area (Å²) in [5.41, 5.74) is 0.346. The molecule has 3 heteroatoms. The molecule has 0 heterocycles. The van der Waals surface area contributed by atoms with Crippen LogP contribution in [0.2, 0.25) is 0 Å². The zero-order valence-corrected chi connectivity index (χ0v) is 22.6. The van der Waals surface area contributed by atoms with Crippen molar-refractivity contribution in [2.45, 2.75) is 125 Å². The quantitative estimate of drug-likeness (QED) is 0.434. The predicted molar refractivity (Wildman–Crippen MR) is 136 cm³/mol. The predicted octanol–water partition coefficient (Wildman–Crippen LogP) is 6.29. The molecule has 0 saturated heterocycles. The number of hydrogen-bond acceptors (Lipinski definition) is 3. The Labute approximate surface area is 204 Å². The zero-order chi connectivity index (χ0) is 24.3.